The number of pyridine rings is 1. The first-order valence-electron chi connectivity index (χ1n) is 7.25. The van der Waals surface area contributed by atoms with Crippen LogP contribution in [0.2, 0.25) is 0 Å². The van der Waals surface area contributed by atoms with E-state index in [0.717, 1.165) is 50.3 Å². The number of carbonyl (C=O) groups is 1. The van der Waals surface area contributed by atoms with Gasteiger partial charge in [0.05, 0.1) is 11.3 Å². The normalized spacial score (nSPS) is 19.1. The van der Waals surface area contributed by atoms with Crippen molar-refractivity contribution in [3.63, 3.8) is 0 Å². The summed E-state index contributed by atoms with van der Waals surface area (Å²) in [6.07, 6.45) is 4.59. The second-order valence-electron chi connectivity index (χ2n) is 5.48. The van der Waals surface area contributed by atoms with Gasteiger partial charge in [-0.1, -0.05) is 0 Å². The molecule has 0 bridgehead atoms. The van der Waals surface area contributed by atoms with Crippen LogP contribution in [-0.4, -0.2) is 42.0 Å². The second kappa shape index (κ2) is 5.29. The molecule has 0 spiro atoms. The molecule has 0 saturated carbocycles. The van der Waals surface area contributed by atoms with Gasteiger partial charge in [0.25, 0.3) is 5.91 Å². The highest BCUT2D eigenvalue weighted by Gasteiger charge is 2.22. The summed E-state index contributed by atoms with van der Waals surface area (Å²) >= 11 is 0. The van der Waals surface area contributed by atoms with Crippen LogP contribution >= 0.6 is 0 Å². The molecule has 19 heavy (non-hydrogen) atoms. The van der Waals surface area contributed by atoms with Gasteiger partial charge in [0, 0.05) is 31.9 Å². The first-order chi connectivity index (χ1) is 9.25. The van der Waals surface area contributed by atoms with E-state index in [1.54, 1.807) is 0 Å². The molecule has 1 aromatic heterocycles. The maximum Gasteiger partial charge on any atom is 0.255 e. The van der Waals surface area contributed by atoms with E-state index in [1.165, 1.54) is 24.1 Å². The summed E-state index contributed by atoms with van der Waals surface area (Å²) in [5.41, 5.74) is 4.20. The zero-order valence-electron chi connectivity index (χ0n) is 11.5. The third kappa shape index (κ3) is 2.50. The summed E-state index contributed by atoms with van der Waals surface area (Å²) < 4.78 is 0. The summed E-state index contributed by atoms with van der Waals surface area (Å²) in [5, 5.41) is 3.28. The zero-order valence-corrected chi connectivity index (χ0v) is 11.5. The Balaban J connectivity index is 1.89. The topological polar surface area (TPSA) is 45.2 Å². The van der Waals surface area contributed by atoms with E-state index in [1.807, 2.05) is 11.8 Å². The Morgan fingerprint density at radius 1 is 1.26 bits per heavy atom. The third-order valence-corrected chi connectivity index (χ3v) is 4.13. The quantitative estimate of drug-likeness (QED) is 0.827. The van der Waals surface area contributed by atoms with Gasteiger partial charge in [0.2, 0.25) is 0 Å². The smallest absolute Gasteiger partial charge is 0.255 e. The zero-order chi connectivity index (χ0) is 13.2. The third-order valence-electron chi connectivity index (χ3n) is 4.13. The van der Waals surface area contributed by atoms with Crippen LogP contribution in [0.1, 0.15) is 40.2 Å². The average molecular weight is 259 g/mol. The molecular formula is C15H21N3O. The Kier molecular flexibility index (Phi) is 3.51. The van der Waals surface area contributed by atoms with Gasteiger partial charge in [-0.2, -0.15) is 0 Å². The highest BCUT2D eigenvalue weighted by molar-refractivity contribution is 5.95. The summed E-state index contributed by atoms with van der Waals surface area (Å²) in [6.45, 7) is 5.35. The van der Waals surface area contributed by atoms with Crippen molar-refractivity contribution in [2.75, 3.05) is 26.2 Å². The number of nitrogens with zero attached hydrogens (tertiary/aromatic N) is 2. The number of fused-ring (bicyclic) bond motifs is 1. The van der Waals surface area contributed by atoms with Crippen molar-refractivity contribution in [2.24, 2.45) is 0 Å². The predicted octanol–water partition coefficient (Wildman–Crippen LogP) is 1.31. The standard InChI is InChI=1S/C15H21N3O/c1-11-13(15(19)18-8-6-16-7-9-18)10-12-4-2-3-5-14(12)17-11/h10,16H,2-9H2,1H3. The minimum Gasteiger partial charge on any atom is -0.336 e. The van der Waals surface area contributed by atoms with Crippen LogP contribution in [-0.2, 0) is 12.8 Å². The van der Waals surface area contributed by atoms with Crippen LogP contribution in [0, 0.1) is 6.92 Å². The largest absolute Gasteiger partial charge is 0.336 e. The van der Waals surface area contributed by atoms with Crippen molar-refractivity contribution < 1.29 is 4.79 Å². The Hall–Kier alpha value is -1.42. The van der Waals surface area contributed by atoms with E-state index in [9.17, 15) is 4.79 Å². The molecule has 2 heterocycles. The van der Waals surface area contributed by atoms with E-state index < -0.39 is 0 Å². The molecule has 1 fully saturated rings. The SMILES string of the molecule is Cc1nc2c(cc1C(=O)N1CCNCC1)CCCC2. The number of nitrogens with one attached hydrogen (secondary N) is 1. The fourth-order valence-corrected chi connectivity index (χ4v) is 2.99. The average Bonchev–Trinajstić information content (AvgIpc) is 2.47. The van der Waals surface area contributed by atoms with Gasteiger partial charge >= 0.3 is 0 Å². The molecule has 0 atom stereocenters. The monoisotopic (exact) mass is 259 g/mol. The Bertz CT molecular complexity index is 492. The molecule has 4 heteroatoms. The molecule has 102 valence electrons. The van der Waals surface area contributed by atoms with Crippen LogP contribution in [0.3, 0.4) is 0 Å². The van der Waals surface area contributed by atoms with E-state index >= 15 is 0 Å². The predicted molar refractivity (Wildman–Crippen MR) is 74.4 cm³/mol. The first kappa shape index (κ1) is 12.6. The molecule has 1 aliphatic heterocycles. The molecule has 2 aliphatic rings. The minimum atomic E-state index is 0.153. The van der Waals surface area contributed by atoms with Gasteiger partial charge < -0.3 is 10.2 Å². The van der Waals surface area contributed by atoms with Crippen LogP contribution in [0.25, 0.3) is 0 Å². The number of carbonyl (C=O) groups excluding carboxylic acids is 1. The van der Waals surface area contributed by atoms with Gasteiger partial charge in [0.1, 0.15) is 0 Å². The molecule has 1 amide bonds. The lowest BCUT2D eigenvalue weighted by atomic mass is 9.94. The Morgan fingerprint density at radius 2 is 2.00 bits per heavy atom. The summed E-state index contributed by atoms with van der Waals surface area (Å²) in [6, 6.07) is 2.10. The molecule has 0 radical (unpaired) electrons. The molecule has 0 aromatic carbocycles. The van der Waals surface area contributed by atoms with Crippen molar-refractivity contribution in [1.82, 2.24) is 15.2 Å². The highest BCUT2D eigenvalue weighted by atomic mass is 16.2. The summed E-state index contributed by atoms with van der Waals surface area (Å²) in [5.74, 6) is 0.153. The maximum atomic E-state index is 12.6. The van der Waals surface area contributed by atoms with Crippen molar-refractivity contribution in [3.05, 3.63) is 28.6 Å². The van der Waals surface area contributed by atoms with Crippen LogP contribution in [0.15, 0.2) is 6.07 Å². The van der Waals surface area contributed by atoms with Crippen molar-refractivity contribution in [2.45, 2.75) is 32.6 Å². The van der Waals surface area contributed by atoms with Crippen molar-refractivity contribution >= 4 is 5.91 Å². The van der Waals surface area contributed by atoms with Gasteiger partial charge in [-0.05, 0) is 44.2 Å². The number of rotatable bonds is 1. The first-order valence-corrected chi connectivity index (χ1v) is 7.25. The van der Waals surface area contributed by atoms with Crippen molar-refractivity contribution in [1.29, 1.82) is 0 Å². The summed E-state index contributed by atoms with van der Waals surface area (Å²) in [4.78, 5) is 19.2. The van der Waals surface area contributed by atoms with Gasteiger partial charge in [0.15, 0.2) is 0 Å². The maximum absolute atomic E-state index is 12.6. The summed E-state index contributed by atoms with van der Waals surface area (Å²) in [7, 11) is 0. The number of aryl methyl sites for hydroxylation is 3. The number of piperazine rings is 1. The lowest BCUT2D eigenvalue weighted by Gasteiger charge is -2.28. The number of amides is 1. The molecule has 3 rings (SSSR count). The second-order valence-corrected chi connectivity index (χ2v) is 5.48. The molecule has 1 aromatic rings. The fraction of sp³-hybridized carbons (Fsp3) is 0.600. The van der Waals surface area contributed by atoms with E-state index in [0.29, 0.717) is 0 Å². The van der Waals surface area contributed by atoms with Gasteiger partial charge in [-0.3, -0.25) is 9.78 Å². The van der Waals surface area contributed by atoms with Crippen LogP contribution in [0.5, 0.6) is 0 Å². The molecule has 4 nitrogen and oxygen atoms in total. The Morgan fingerprint density at radius 3 is 2.79 bits per heavy atom. The molecule has 1 saturated heterocycles. The number of hydrogen-bond acceptors (Lipinski definition) is 3. The molecule has 1 aliphatic carbocycles. The van der Waals surface area contributed by atoms with E-state index in [-0.39, 0.29) is 5.91 Å². The van der Waals surface area contributed by atoms with Crippen molar-refractivity contribution in [3.8, 4) is 0 Å². The lowest BCUT2D eigenvalue weighted by molar-refractivity contribution is 0.0734. The van der Waals surface area contributed by atoms with Gasteiger partial charge in [-0.15, -0.1) is 0 Å². The molecule has 0 unspecified atom stereocenters. The fourth-order valence-electron chi connectivity index (χ4n) is 2.99. The van der Waals surface area contributed by atoms with Gasteiger partial charge in [-0.25, -0.2) is 0 Å². The van der Waals surface area contributed by atoms with Crippen LogP contribution < -0.4 is 5.32 Å². The molecular weight excluding hydrogens is 238 g/mol. The Labute approximate surface area is 114 Å². The molecule has 1 N–H and O–H groups in total. The number of aromatic nitrogens is 1. The number of hydrogen-bond donors (Lipinski definition) is 1. The highest BCUT2D eigenvalue weighted by Crippen LogP contribution is 2.22. The van der Waals surface area contributed by atoms with E-state index in [2.05, 4.69) is 16.4 Å². The van der Waals surface area contributed by atoms with Crippen LogP contribution in [0.4, 0.5) is 0 Å². The van der Waals surface area contributed by atoms with E-state index in [4.69, 9.17) is 0 Å². The lowest BCUT2D eigenvalue weighted by Crippen LogP contribution is -2.46. The minimum absolute atomic E-state index is 0.153.